The number of nitrogens with one attached hydrogen (secondary N) is 1. The number of amides is 1. The van der Waals surface area contributed by atoms with E-state index in [9.17, 15) is 30.3 Å². The van der Waals surface area contributed by atoms with Crippen LogP contribution in [0.15, 0.2) is 60.8 Å². The third kappa shape index (κ3) is 32.5. The van der Waals surface area contributed by atoms with Gasteiger partial charge in [-0.25, -0.2) is 0 Å². The van der Waals surface area contributed by atoms with Crippen molar-refractivity contribution in [3.63, 3.8) is 0 Å². The van der Waals surface area contributed by atoms with Crippen molar-refractivity contribution >= 4 is 5.91 Å². The van der Waals surface area contributed by atoms with Crippen molar-refractivity contribution in [1.82, 2.24) is 5.32 Å². The van der Waals surface area contributed by atoms with Crippen LogP contribution in [0, 0.1) is 0 Å². The third-order valence-electron chi connectivity index (χ3n) is 11.8. The first kappa shape index (κ1) is 57.9. The topological polar surface area (TPSA) is 149 Å². The second kappa shape index (κ2) is 42.8. The van der Waals surface area contributed by atoms with E-state index in [1.165, 1.54) is 141 Å². The van der Waals surface area contributed by atoms with E-state index in [4.69, 9.17) is 9.47 Å². The van der Waals surface area contributed by atoms with Gasteiger partial charge in [-0.1, -0.05) is 197 Å². The van der Waals surface area contributed by atoms with Crippen LogP contribution in [-0.4, -0.2) is 87.5 Å². The first-order valence-electron chi connectivity index (χ1n) is 25.5. The Balaban J connectivity index is 2.23. The second-order valence-electron chi connectivity index (χ2n) is 17.6. The SMILES string of the molecule is CCCCCCC/C=C\C/C=C\C/C=C\CCCCCCCCCCCCCCC(=O)NC(COC1OC(CO)C(O)C(O)C1O)C(O)/C=C/CC/C=C/CCCCCCCC. The summed E-state index contributed by atoms with van der Waals surface area (Å²) in [5.41, 5.74) is 0. The monoisotopic (exact) mass is 874 g/mol. The van der Waals surface area contributed by atoms with E-state index in [0.717, 1.165) is 51.4 Å². The van der Waals surface area contributed by atoms with Crippen molar-refractivity contribution in [3.8, 4) is 0 Å². The summed E-state index contributed by atoms with van der Waals surface area (Å²) in [5, 5.41) is 54.2. The predicted octanol–water partition coefficient (Wildman–Crippen LogP) is 11.6. The molecule has 1 fully saturated rings. The molecule has 9 nitrogen and oxygen atoms in total. The summed E-state index contributed by atoms with van der Waals surface area (Å²) in [7, 11) is 0. The van der Waals surface area contributed by atoms with Gasteiger partial charge in [0.2, 0.25) is 5.91 Å². The summed E-state index contributed by atoms with van der Waals surface area (Å²) in [6.07, 6.45) is 49.9. The average Bonchev–Trinajstić information content (AvgIpc) is 3.27. The van der Waals surface area contributed by atoms with Gasteiger partial charge in [-0.15, -0.1) is 0 Å². The number of rotatable bonds is 42. The van der Waals surface area contributed by atoms with Gasteiger partial charge in [0.1, 0.15) is 24.4 Å². The predicted molar refractivity (Wildman–Crippen MR) is 258 cm³/mol. The first-order chi connectivity index (χ1) is 30.3. The Morgan fingerprint density at radius 2 is 0.968 bits per heavy atom. The number of carbonyl (C=O) groups is 1. The molecule has 0 aromatic heterocycles. The van der Waals surface area contributed by atoms with E-state index in [0.29, 0.717) is 6.42 Å². The zero-order valence-electron chi connectivity index (χ0n) is 39.6. The lowest BCUT2D eigenvalue weighted by molar-refractivity contribution is -0.302. The highest BCUT2D eigenvalue weighted by Crippen LogP contribution is 2.22. The molecule has 1 rings (SSSR count). The van der Waals surface area contributed by atoms with E-state index >= 15 is 0 Å². The summed E-state index contributed by atoms with van der Waals surface area (Å²) in [4.78, 5) is 13.0. The number of carbonyl (C=O) groups excluding carboxylic acids is 1. The standard InChI is InChI=1S/C53H95NO8/c1-3-5-7-9-11-13-15-17-18-19-20-21-22-23-24-25-26-27-28-29-30-31-33-35-37-39-41-43-49(57)54-46(45-61-53-52(60)51(59)50(58)48(44-55)62-53)47(56)42-40-38-36-34-32-16-14-12-10-8-6-4-2/h15,17,19-20,22-23,32,34,40,42,46-48,50-53,55-56,58-60H,3-14,16,18,21,24-31,33,35-39,41,43-45H2,1-2H3,(H,54,57)/b17-15-,20-19-,23-22-,34-32+,42-40+. The lowest BCUT2D eigenvalue weighted by Gasteiger charge is -2.40. The molecule has 1 aliphatic heterocycles. The molecular formula is C53H95NO8. The molecule has 7 atom stereocenters. The van der Waals surface area contributed by atoms with Crippen molar-refractivity contribution in [1.29, 1.82) is 0 Å². The number of aliphatic hydroxyl groups excluding tert-OH is 5. The van der Waals surface area contributed by atoms with E-state index in [2.05, 4.69) is 67.8 Å². The maximum atomic E-state index is 13.0. The minimum absolute atomic E-state index is 0.192. The smallest absolute Gasteiger partial charge is 0.220 e. The molecule has 9 heteroatoms. The van der Waals surface area contributed by atoms with Gasteiger partial charge in [0.25, 0.3) is 0 Å². The highest BCUT2D eigenvalue weighted by Gasteiger charge is 2.44. The molecule has 7 unspecified atom stereocenters. The van der Waals surface area contributed by atoms with Gasteiger partial charge in [-0.05, 0) is 70.6 Å². The fourth-order valence-electron chi connectivity index (χ4n) is 7.71. The molecule has 1 aliphatic rings. The zero-order chi connectivity index (χ0) is 45.1. The molecule has 6 N–H and O–H groups in total. The molecule has 0 bridgehead atoms. The number of unbranched alkanes of at least 4 members (excludes halogenated alkanes) is 24. The quantitative estimate of drug-likeness (QED) is 0.0262. The number of hydrogen-bond acceptors (Lipinski definition) is 8. The molecule has 1 amide bonds. The Morgan fingerprint density at radius 1 is 0.548 bits per heavy atom. The van der Waals surface area contributed by atoms with Gasteiger partial charge < -0.3 is 40.3 Å². The Kier molecular flexibility index (Phi) is 40.0. The van der Waals surface area contributed by atoms with Crippen LogP contribution < -0.4 is 5.32 Å². The van der Waals surface area contributed by atoms with Crippen LogP contribution >= 0.6 is 0 Å². The lowest BCUT2D eigenvalue weighted by atomic mass is 9.99. The average molecular weight is 874 g/mol. The maximum Gasteiger partial charge on any atom is 0.220 e. The van der Waals surface area contributed by atoms with E-state index in [1.54, 1.807) is 6.08 Å². The molecule has 0 aliphatic carbocycles. The van der Waals surface area contributed by atoms with Gasteiger partial charge in [0.15, 0.2) is 6.29 Å². The number of allylic oxidation sites excluding steroid dienone is 9. The molecule has 360 valence electrons. The molecule has 1 saturated heterocycles. The third-order valence-corrected chi connectivity index (χ3v) is 11.8. The van der Waals surface area contributed by atoms with Gasteiger partial charge in [-0.2, -0.15) is 0 Å². The van der Waals surface area contributed by atoms with Crippen LogP contribution in [0.5, 0.6) is 0 Å². The lowest BCUT2D eigenvalue weighted by Crippen LogP contribution is -2.60. The van der Waals surface area contributed by atoms with Gasteiger partial charge in [0, 0.05) is 6.42 Å². The van der Waals surface area contributed by atoms with E-state index in [1.807, 2.05) is 6.08 Å². The minimum Gasteiger partial charge on any atom is -0.394 e. The fraction of sp³-hybridized carbons (Fsp3) is 0.792. The molecule has 0 aromatic rings. The summed E-state index contributed by atoms with van der Waals surface area (Å²) < 4.78 is 11.2. The Labute approximate surface area is 379 Å². The fourth-order valence-corrected chi connectivity index (χ4v) is 7.71. The minimum atomic E-state index is -1.57. The highest BCUT2D eigenvalue weighted by molar-refractivity contribution is 5.76. The highest BCUT2D eigenvalue weighted by atomic mass is 16.7. The van der Waals surface area contributed by atoms with Crippen LogP contribution in [0.25, 0.3) is 0 Å². The van der Waals surface area contributed by atoms with Crippen LogP contribution in [-0.2, 0) is 14.3 Å². The van der Waals surface area contributed by atoms with Crippen molar-refractivity contribution < 1.29 is 39.8 Å². The molecule has 1 heterocycles. The van der Waals surface area contributed by atoms with Crippen LogP contribution in [0.3, 0.4) is 0 Å². The maximum absolute atomic E-state index is 13.0. The summed E-state index contributed by atoms with van der Waals surface area (Å²) in [6.45, 7) is 3.72. The molecule has 0 spiro atoms. The molecular weight excluding hydrogens is 779 g/mol. The number of ether oxygens (including phenoxy) is 2. The first-order valence-corrected chi connectivity index (χ1v) is 25.5. The Morgan fingerprint density at radius 3 is 1.47 bits per heavy atom. The number of aliphatic hydroxyl groups is 5. The zero-order valence-corrected chi connectivity index (χ0v) is 39.6. The normalized spacial score (nSPS) is 20.8. The molecule has 0 saturated carbocycles. The largest absolute Gasteiger partial charge is 0.394 e. The number of hydrogen-bond donors (Lipinski definition) is 6. The van der Waals surface area contributed by atoms with Crippen LogP contribution in [0.4, 0.5) is 0 Å². The van der Waals surface area contributed by atoms with Crippen LogP contribution in [0.2, 0.25) is 0 Å². The van der Waals surface area contributed by atoms with Crippen LogP contribution in [0.1, 0.15) is 213 Å². The van der Waals surface area contributed by atoms with Crippen molar-refractivity contribution in [2.24, 2.45) is 0 Å². The Hall–Kier alpha value is -2.11. The van der Waals surface area contributed by atoms with E-state index in [-0.39, 0.29) is 12.5 Å². The summed E-state index contributed by atoms with van der Waals surface area (Å²) >= 11 is 0. The van der Waals surface area contributed by atoms with Gasteiger partial charge in [0.05, 0.1) is 25.4 Å². The van der Waals surface area contributed by atoms with E-state index < -0.39 is 49.5 Å². The molecule has 0 aromatic carbocycles. The second-order valence-corrected chi connectivity index (χ2v) is 17.6. The summed E-state index contributed by atoms with van der Waals surface area (Å²) in [5.74, 6) is -0.192. The van der Waals surface area contributed by atoms with Gasteiger partial charge in [-0.3, -0.25) is 4.79 Å². The van der Waals surface area contributed by atoms with Gasteiger partial charge >= 0.3 is 0 Å². The summed E-state index contributed by atoms with van der Waals surface area (Å²) in [6, 6.07) is -0.823. The molecule has 0 radical (unpaired) electrons. The Bertz CT molecular complexity index is 1150. The van der Waals surface area contributed by atoms with Crippen molar-refractivity contribution in [3.05, 3.63) is 60.8 Å². The van der Waals surface area contributed by atoms with Crippen molar-refractivity contribution in [2.75, 3.05) is 13.2 Å². The molecule has 62 heavy (non-hydrogen) atoms. The van der Waals surface area contributed by atoms with Crippen molar-refractivity contribution in [2.45, 2.75) is 256 Å².